The van der Waals surface area contributed by atoms with Crippen LogP contribution in [0.3, 0.4) is 0 Å². The maximum Gasteiger partial charge on any atom is 0.242 e. The number of sulfonamides is 1. The molecule has 1 aromatic rings. The van der Waals surface area contributed by atoms with Gasteiger partial charge in [-0.3, -0.25) is 0 Å². The molecule has 0 amide bonds. The highest BCUT2D eigenvalue weighted by atomic mass is 32.2. The Kier molecular flexibility index (Phi) is 4.67. The van der Waals surface area contributed by atoms with Gasteiger partial charge in [0.25, 0.3) is 0 Å². The molecule has 0 heterocycles. The van der Waals surface area contributed by atoms with E-state index in [2.05, 4.69) is 5.32 Å². The van der Waals surface area contributed by atoms with E-state index >= 15 is 0 Å². The van der Waals surface area contributed by atoms with Crippen LogP contribution in [-0.2, 0) is 10.0 Å². The lowest BCUT2D eigenvalue weighted by Gasteiger charge is -2.35. The zero-order valence-electron chi connectivity index (χ0n) is 12.2. The van der Waals surface area contributed by atoms with Crippen molar-refractivity contribution in [2.45, 2.75) is 23.8 Å². The van der Waals surface area contributed by atoms with E-state index in [0.717, 1.165) is 25.1 Å². The highest BCUT2D eigenvalue weighted by molar-refractivity contribution is 7.89. The van der Waals surface area contributed by atoms with Gasteiger partial charge in [0.1, 0.15) is 5.75 Å². The van der Waals surface area contributed by atoms with E-state index in [0.29, 0.717) is 5.92 Å². The predicted molar refractivity (Wildman–Crippen MR) is 78.4 cm³/mol. The lowest BCUT2D eigenvalue weighted by atomic mass is 9.82. The highest BCUT2D eigenvalue weighted by Gasteiger charge is 2.30. The molecule has 0 saturated heterocycles. The number of nitrogens with zero attached hydrogens (tertiary/aromatic N) is 1. The SMILES string of the molecule is CNCC1CC(Oc2ccc(S(=O)(=O)N(C)C)cc2)C1. The quantitative estimate of drug-likeness (QED) is 0.860. The van der Waals surface area contributed by atoms with Gasteiger partial charge in [-0.25, -0.2) is 12.7 Å². The molecule has 1 aliphatic rings. The van der Waals surface area contributed by atoms with E-state index < -0.39 is 10.0 Å². The van der Waals surface area contributed by atoms with Crippen LogP contribution in [0.5, 0.6) is 5.75 Å². The average Bonchev–Trinajstić information content (AvgIpc) is 2.37. The molecule has 0 atom stereocenters. The van der Waals surface area contributed by atoms with Crippen molar-refractivity contribution in [2.24, 2.45) is 5.92 Å². The van der Waals surface area contributed by atoms with Crippen molar-refractivity contribution in [3.8, 4) is 5.75 Å². The van der Waals surface area contributed by atoms with Crippen LogP contribution in [0.2, 0.25) is 0 Å². The number of hydrogen-bond acceptors (Lipinski definition) is 4. The molecule has 5 nitrogen and oxygen atoms in total. The third kappa shape index (κ3) is 3.31. The molecule has 0 unspecified atom stereocenters. The molecular formula is C14H22N2O3S. The van der Waals surface area contributed by atoms with E-state index in [1.54, 1.807) is 24.3 Å². The Morgan fingerprint density at radius 3 is 2.35 bits per heavy atom. The van der Waals surface area contributed by atoms with Crippen molar-refractivity contribution < 1.29 is 13.2 Å². The van der Waals surface area contributed by atoms with Crippen LogP contribution in [0.1, 0.15) is 12.8 Å². The van der Waals surface area contributed by atoms with Crippen LogP contribution >= 0.6 is 0 Å². The van der Waals surface area contributed by atoms with E-state index in [1.165, 1.54) is 18.4 Å². The van der Waals surface area contributed by atoms with Gasteiger partial charge in [0.05, 0.1) is 11.0 Å². The highest BCUT2D eigenvalue weighted by Crippen LogP contribution is 2.31. The van der Waals surface area contributed by atoms with Gasteiger partial charge >= 0.3 is 0 Å². The van der Waals surface area contributed by atoms with E-state index in [1.807, 2.05) is 7.05 Å². The average molecular weight is 298 g/mol. The van der Waals surface area contributed by atoms with Gasteiger partial charge in [-0.2, -0.15) is 0 Å². The van der Waals surface area contributed by atoms with Crippen LogP contribution in [0, 0.1) is 5.92 Å². The van der Waals surface area contributed by atoms with Crippen molar-refractivity contribution in [3.05, 3.63) is 24.3 Å². The summed E-state index contributed by atoms with van der Waals surface area (Å²) in [4.78, 5) is 0.288. The monoisotopic (exact) mass is 298 g/mol. The second-order valence-corrected chi connectivity index (χ2v) is 7.55. The van der Waals surface area contributed by atoms with E-state index in [9.17, 15) is 8.42 Å². The summed E-state index contributed by atoms with van der Waals surface area (Å²) in [6.07, 6.45) is 2.36. The topological polar surface area (TPSA) is 58.6 Å². The second-order valence-electron chi connectivity index (χ2n) is 5.39. The zero-order chi connectivity index (χ0) is 14.8. The van der Waals surface area contributed by atoms with Gasteiger partial charge in [-0.15, -0.1) is 0 Å². The molecule has 6 heteroatoms. The first-order valence-electron chi connectivity index (χ1n) is 6.77. The van der Waals surface area contributed by atoms with Gasteiger partial charge in [0, 0.05) is 14.1 Å². The first-order valence-corrected chi connectivity index (χ1v) is 8.21. The van der Waals surface area contributed by atoms with Crippen molar-refractivity contribution >= 4 is 10.0 Å². The summed E-state index contributed by atoms with van der Waals surface area (Å²) in [6, 6.07) is 6.63. The lowest BCUT2D eigenvalue weighted by molar-refractivity contribution is 0.0657. The van der Waals surface area contributed by atoms with Crippen LogP contribution < -0.4 is 10.1 Å². The van der Waals surface area contributed by atoms with Gasteiger partial charge in [0.2, 0.25) is 10.0 Å². The Balaban J connectivity index is 1.93. The molecule has 0 radical (unpaired) electrons. The minimum atomic E-state index is -3.36. The lowest BCUT2D eigenvalue weighted by Crippen LogP contribution is -2.38. The van der Waals surface area contributed by atoms with E-state index in [-0.39, 0.29) is 11.0 Å². The first-order chi connectivity index (χ1) is 9.43. The van der Waals surface area contributed by atoms with Crippen LogP contribution in [-0.4, -0.2) is 46.5 Å². The molecule has 1 N–H and O–H groups in total. The molecule has 1 aliphatic carbocycles. The molecule has 0 aliphatic heterocycles. The minimum Gasteiger partial charge on any atom is -0.490 e. The molecular weight excluding hydrogens is 276 g/mol. The summed E-state index contributed by atoms with van der Waals surface area (Å²) < 4.78 is 30.9. The maximum absolute atomic E-state index is 11.9. The minimum absolute atomic E-state index is 0.254. The Labute approximate surface area is 121 Å². The molecule has 0 spiro atoms. The molecule has 2 rings (SSSR count). The molecule has 20 heavy (non-hydrogen) atoms. The summed E-state index contributed by atoms with van der Waals surface area (Å²) in [7, 11) is 1.64. The number of ether oxygens (including phenoxy) is 1. The fourth-order valence-corrected chi connectivity index (χ4v) is 3.22. The summed E-state index contributed by atoms with van der Waals surface area (Å²) in [5, 5.41) is 3.16. The Hall–Kier alpha value is -1.11. The molecule has 1 aromatic carbocycles. The first kappa shape index (κ1) is 15.3. The molecule has 0 aromatic heterocycles. The fraction of sp³-hybridized carbons (Fsp3) is 0.571. The van der Waals surface area contributed by atoms with Gasteiger partial charge in [-0.1, -0.05) is 0 Å². The normalized spacial score (nSPS) is 22.6. The van der Waals surface area contributed by atoms with Crippen LogP contribution in [0.25, 0.3) is 0 Å². The largest absolute Gasteiger partial charge is 0.490 e. The van der Waals surface area contributed by atoms with Crippen molar-refractivity contribution in [2.75, 3.05) is 27.7 Å². The number of benzene rings is 1. The second kappa shape index (κ2) is 6.11. The summed E-state index contributed by atoms with van der Waals surface area (Å²) in [5.74, 6) is 1.43. The van der Waals surface area contributed by atoms with E-state index in [4.69, 9.17) is 4.74 Å². The van der Waals surface area contributed by atoms with Crippen molar-refractivity contribution in [3.63, 3.8) is 0 Å². The predicted octanol–water partition coefficient (Wildman–Crippen LogP) is 1.31. The molecule has 1 saturated carbocycles. The molecule has 0 bridgehead atoms. The fourth-order valence-electron chi connectivity index (χ4n) is 2.32. The van der Waals surface area contributed by atoms with Gasteiger partial charge < -0.3 is 10.1 Å². The van der Waals surface area contributed by atoms with Crippen molar-refractivity contribution in [1.82, 2.24) is 9.62 Å². The van der Waals surface area contributed by atoms with Gasteiger partial charge in [0.15, 0.2) is 0 Å². The Morgan fingerprint density at radius 2 is 1.85 bits per heavy atom. The smallest absolute Gasteiger partial charge is 0.242 e. The maximum atomic E-state index is 11.9. The number of rotatable bonds is 6. The number of hydrogen-bond donors (Lipinski definition) is 1. The third-order valence-electron chi connectivity index (χ3n) is 3.59. The Morgan fingerprint density at radius 1 is 1.25 bits per heavy atom. The van der Waals surface area contributed by atoms with Crippen LogP contribution in [0.4, 0.5) is 0 Å². The molecule has 1 fully saturated rings. The van der Waals surface area contributed by atoms with Crippen molar-refractivity contribution in [1.29, 1.82) is 0 Å². The standard InChI is InChI=1S/C14H22N2O3S/c1-15-10-11-8-13(9-11)19-12-4-6-14(7-5-12)20(17,18)16(2)3/h4-7,11,13,15H,8-10H2,1-3H3. The Bertz CT molecular complexity index is 534. The summed E-state index contributed by atoms with van der Waals surface area (Å²) in [5.41, 5.74) is 0. The van der Waals surface area contributed by atoms with Gasteiger partial charge in [-0.05, 0) is 56.6 Å². The van der Waals surface area contributed by atoms with Crippen LogP contribution in [0.15, 0.2) is 29.2 Å². The summed E-state index contributed by atoms with van der Waals surface area (Å²) in [6.45, 7) is 1.03. The number of nitrogens with one attached hydrogen (secondary N) is 1. The summed E-state index contributed by atoms with van der Waals surface area (Å²) >= 11 is 0. The zero-order valence-corrected chi connectivity index (χ0v) is 13.0. The third-order valence-corrected chi connectivity index (χ3v) is 5.42. The molecule has 112 valence electrons.